The van der Waals surface area contributed by atoms with Crippen molar-refractivity contribution in [3.05, 3.63) is 24.3 Å². The van der Waals surface area contributed by atoms with Crippen molar-refractivity contribution in [2.75, 3.05) is 20.1 Å². The molecule has 0 aromatic heterocycles. The summed E-state index contributed by atoms with van der Waals surface area (Å²) in [6.07, 6.45) is -0.494. The van der Waals surface area contributed by atoms with Crippen molar-refractivity contribution in [2.45, 2.75) is 0 Å². The summed E-state index contributed by atoms with van der Waals surface area (Å²) in [6.45, 7) is 0.809. The van der Waals surface area contributed by atoms with Gasteiger partial charge in [-0.1, -0.05) is 6.07 Å². The molecule has 0 aliphatic heterocycles. The fraction of sp³-hybridized carbons (Fsp3) is 0.300. The molecular formula is C10H14N2O3. The molecule has 1 amide bonds. The van der Waals surface area contributed by atoms with Crippen molar-refractivity contribution >= 4 is 6.09 Å². The number of rotatable bonds is 3. The Morgan fingerprint density at radius 3 is 2.93 bits per heavy atom. The number of ether oxygens (including phenoxy) is 1. The molecule has 0 atom stereocenters. The summed E-state index contributed by atoms with van der Waals surface area (Å²) >= 11 is 0. The fourth-order valence-corrected chi connectivity index (χ4v) is 1.01. The number of phenols is 1. The number of benzene rings is 1. The largest absolute Gasteiger partial charge is 0.508 e. The molecule has 0 spiro atoms. The maximum Gasteiger partial charge on any atom is 0.415 e. The molecule has 1 aromatic carbocycles. The minimum absolute atomic E-state index is 0.0572. The van der Waals surface area contributed by atoms with Crippen molar-refractivity contribution in [3.63, 3.8) is 0 Å². The average Bonchev–Trinajstić information content (AvgIpc) is 2.18. The minimum Gasteiger partial charge on any atom is -0.508 e. The standard InChI is InChI=1S/C10H14N2O3/c1-12(6-5-11)10(14)15-9-4-2-3-8(13)7-9/h2-4,7,13H,5-6,11H2,1H3. The lowest BCUT2D eigenvalue weighted by molar-refractivity contribution is 0.164. The zero-order valence-corrected chi connectivity index (χ0v) is 8.51. The summed E-state index contributed by atoms with van der Waals surface area (Å²) < 4.78 is 4.98. The summed E-state index contributed by atoms with van der Waals surface area (Å²) in [5.41, 5.74) is 5.30. The molecule has 1 rings (SSSR count). The molecule has 0 heterocycles. The number of carbonyl (C=O) groups excluding carboxylic acids is 1. The van der Waals surface area contributed by atoms with Crippen LogP contribution in [0.2, 0.25) is 0 Å². The van der Waals surface area contributed by atoms with E-state index >= 15 is 0 Å². The number of carbonyl (C=O) groups is 1. The summed E-state index contributed by atoms with van der Waals surface area (Å²) in [5.74, 6) is 0.366. The van der Waals surface area contributed by atoms with E-state index in [2.05, 4.69) is 0 Å². The van der Waals surface area contributed by atoms with Crippen LogP contribution in [0.3, 0.4) is 0 Å². The highest BCUT2D eigenvalue weighted by Gasteiger charge is 2.09. The molecule has 0 unspecified atom stereocenters. The highest BCUT2D eigenvalue weighted by atomic mass is 16.6. The molecule has 0 saturated carbocycles. The lowest BCUT2D eigenvalue weighted by Crippen LogP contribution is -2.33. The number of aromatic hydroxyl groups is 1. The van der Waals surface area contributed by atoms with E-state index in [-0.39, 0.29) is 5.75 Å². The van der Waals surface area contributed by atoms with Gasteiger partial charge in [0.05, 0.1) is 0 Å². The molecule has 1 aromatic rings. The molecule has 0 aliphatic carbocycles. The maximum absolute atomic E-state index is 11.4. The van der Waals surface area contributed by atoms with Crippen LogP contribution in [0, 0.1) is 0 Å². The second kappa shape index (κ2) is 5.21. The Hall–Kier alpha value is -1.75. The van der Waals surface area contributed by atoms with Gasteiger partial charge in [0.2, 0.25) is 0 Å². The first-order valence-corrected chi connectivity index (χ1v) is 4.55. The van der Waals surface area contributed by atoms with E-state index in [1.807, 2.05) is 0 Å². The number of nitrogens with two attached hydrogens (primary N) is 1. The van der Waals surface area contributed by atoms with Crippen LogP contribution in [0.4, 0.5) is 4.79 Å². The molecule has 82 valence electrons. The molecule has 0 aliphatic rings. The first kappa shape index (κ1) is 11.3. The highest BCUT2D eigenvalue weighted by molar-refractivity contribution is 5.70. The SMILES string of the molecule is CN(CCN)C(=O)Oc1cccc(O)c1. The monoisotopic (exact) mass is 210 g/mol. The topological polar surface area (TPSA) is 75.8 Å². The van der Waals surface area contributed by atoms with Crippen LogP contribution in [-0.4, -0.2) is 36.2 Å². The van der Waals surface area contributed by atoms with E-state index < -0.39 is 6.09 Å². The molecule has 0 saturated heterocycles. The van der Waals surface area contributed by atoms with E-state index in [9.17, 15) is 4.79 Å². The molecule has 5 nitrogen and oxygen atoms in total. The predicted octanol–water partition coefficient (Wildman–Crippen LogP) is 0.781. The molecule has 0 bridgehead atoms. The van der Waals surface area contributed by atoms with Crippen LogP contribution in [-0.2, 0) is 0 Å². The normalized spacial score (nSPS) is 9.73. The smallest absolute Gasteiger partial charge is 0.415 e. The average molecular weight is 210 g/mol. The second-order valence-electron chi connectivity index (χ2n) is 3.08. The minimum atomic E-state index is -0.494. The molecule has 15 heavy (non-hydrogen) atoms. The Morgan fingerprint density at radius 2 is 2.33 bits per heavy atom. The number of amides is 1. The zero-order chi connectivity index (χ0) is 11.3. The Bertz CT molecular complexity index is 341. The summed E-state index contributed by atoms with van der Waals surface area (Å²) in [7, 11) is 1.60. The second-order valence-corrected chi connectivity index (χ2v) is 3.08. The van der Waals surface area contributed by atoms with E-state index in [4.69, 9.17) is 15.6 Å². The van der Waals surface area contributed by atoms with Crippen molar-refractivity contribution < 1.29 is 14.6 Å². The van der Waals surface area contributed by atoms with Crippen LogP contribution in [0.1, 0.15) is 0 Å². The lowest BCUT2D eigenvalue weighted by atomic mass is 10.3. The Balaban J connectivity index is 2.58. The molecule has 3 N–H and O–H groups in total. The third-order valence-electron chi connectivity index (χ3n) is 1.80. The van der Waals surface area contributed by atoms with Gasteiger partial charge in [-0.3, -0.25) is 0 Å². The van der Waals surface area contributed by atoms with Gasteiger partial charge < -0.3 is 20.5 Å². The number of phenolic OH excluding ortho intramolecular Hbond substituents is 1. The highest BCUT2D eigenvalue weighted by Crippen LogP contribution is 2.18. The first-order valence-electron chi connectivity index (χ1n) is 4.55. The molecule has 5 heteroatoms. The maximum atomic E-state index is 11.4. The van der Waals surface area contributed by atoms with Crippen LogP contribution in [0.25, 0.3) is 0 Å². The van der Waals surface area contributed by atoms with Crippen LogP contribution < -0.4 is 10.5 Å². The van der Waals surface area contributed by atoms with Gasteiger partial charge in [-0.2, -0.15) is 0 Å². The van der Waals surface area contributed by atoms with Gasteiger partial charge in [0.15, 0.2) is 0 Å². The fourth-order valence-electron chi connectivity index (χ4n) is 1.01. The van der Waals surface area contributed by atoms with Crippen LogP contribution in [0.5, 0.6) is 11.5 Å². The predicted molar refractivity (Wildman–Crippen MR) is 55.8 cm³/mol. The number of likely N-dealkylation sites (N-methyl/N-ethyl adjacent to an activating group) is 1. The zero-order valence-electron chi connectivity index (χ0n) is 8.51. The van der Waals surface area contributed by atoms with Crippen LogP contribution >= 0.6 is 0 Å². The van der Waals surface area contributed by atoms with E-state index in [0.29, 0.717) is 18.8 Å². The van der Waals surface area contributed by atoms with E-state index in [1.54, 1.807) is 19.2 Å². The lowest BCUT2D eigenvalue weighted by Gasteiger charge is -2.15. The van der Waals surface area contributed by atoms with Crippen molar-refractivity contribution in [1.82, 2.24) is 4.90 Å². The van der Waals surface area contributed by atoms with Crippen molar-refractivity contribution in [2.24, 2.45) is 5.73 Å². The van der Waals surface area contributed by atoms with Gasteiger partial charge >= 0.3 is 6.09 Å². The summed E-state index contributed by atoms with van der Waals surface area (Å²) in [5, 5.41) is 9.14. The van der Waals surface area contributed by atoms with Gasteiger partial charge in [-0.15, -0.1) is 0 Å². The Kier molecular flexibility index (Phi) is 3.93. The van der Waals surface area contributed by atoms with E-state index in [0.717, 1.165) is 0 Å². The Labute approximate surface area is 88.1 Å². The van der Waals surface area contributed by atoms with Gasteiger partial charge in [-0.25, -0.2) is 4.79 Å². The number of nitrogens with zero attached hydrogens (tertiary/aromatic N) is 1. The van der Waals surface area contributed by atoms with Crippen LogP contribution in [0.15, 0.2) is 24.3 Å². The third-order valence-corrected chi connectivity index (χ3v) is 1.80. The van der Waals surface area contributed by atoms with Gasteiger partial charge in [0, 0.05) is 26.2 Å². The summed E-state index contributed by atoms with van der Waals surface area (Å²) in [4.78, 5) is 12.7. The first-order chi connectivity index (χ1) is 7.13. The summed E-state index contributed by atoms with van der Waals surface area (Å²) in [6, 6.07) is 6.06. The molecule has 0 radical (unpaired) electrons. The molecule has 0 fully saturated rings. The Morgan fingerprint density at radius 1 is 1.60 bits per heavy atom. The van der Waals surface area contributed by atoms with Crippen molar-refractivity contribution in [1.29, 1.82) is 0 Å². The number of hydrogen-bond donors (Lipinski definition) is 2. The van der Waals surface area contributed by atoms with Gasteiger partial charge in [-0.05, 0) is 12.1 Å². The van der Waals surface area contributed by atoms with Crippen molar-refractivity contribution in [3.8, 4) is 11.5 Å². The van der Waals surface area contributed by atoms with Gasteiger partial charge in [0.1, 0.15) is 11.5 Å². The quantitative estimate of drug-likeness (QED) is 0.773. The number of hydrogen-bond acceptors (Lipinski definition) is 4. The third kappa shape index (κ3) is 3.47. The molecular weight excluding hydrogens is 196 g/mol. The van der Waals surface area contributed by atoms with Gasteiger partial charge in [0.25, 0.3) is 0 Å². The van der Waals surface area contributed by atoms with E-state index in [1.165, 1.54) is 17.0 Å².